The number of rotatable bonds is 4. The van der Waals surface area contributed by atoms with Gasteiger partial charge in [0, 0.05) is 19.1 Å². The van der Waals surface area contributed by atoms with Crippen LogP contribution in [0.1, 0.15) is 32.6 Å². The highest BCUT2D eigenvalue weighted by Gasteiger charge is 2.25. The Hall–Kier alpha value is -0.830. The van der Waals surface area contributed by atoms with Crippen molar-refractivity contribution in [1.29, 1.82) is 0 Å². The first-order valence-electron chi connectivity index (χ1n) is 6.44. The predicted octanol–water partition coefficient (Wildman–Crippen LogP) is 1.55. The van der Waals surface area contributed by atoms with Gasteiger partial charge in [-0.2, -0.15) is 0 Å². The van der Waals surface area contributed by atoms with Crippen LogP contribution in [0.4, 0.5) is 0 Å². The molecule has 0 atom stereocenters. The normalized spacial score (nSPS) is 22.9. The molecule has 16 heavy (non-hydrogen) atoms. The summed E-state index contributed by atoms with van der Waals surface area (Å²) >= 11 is 0. The van der Waals surface area contributed by atoms with Crippen molar-refractivity contribution in [1.82, 2.24) is 10.2 Å². The van der Waals surface area contributed by atoms with Crippen LogP contribution in [0.3, 0.4) is 0 Å². The SMILES string of the molecule is C/C=C/C(=O)N1CCC(NCC2CC2)CC1. The number of allylic oxidation sites excluding steroid dienone is 1. The standard InChI is InChI=1S/C13H22N2O/c1-2-3-13(16)15-8-6-12(7-9-15)14-10-11-4-5-11/h2-3,11-12,14H,4-10H2,1H3/b3-2+. The summed E-state index contributed by atoms with van der Waals surface area (Å²) in [4.78, 5) is 13.6. The first-order chi connectivity index (χ1) is 7.79. The van der Waals surface area contributed by atoms with Crippen LogP contribution in [0.15, 0.2) is 12.2 Å². The van der Waals surface area contributed by atoms with Crippen molar-refractivity contribution in [3.05, 3.63) is 12.2 Å². The van der Waals surface area contributed by atoms with Crippen LogP contribution in [0.5, 0.6) is 0 Å². The van der Waals surface area contributed by atoms with Crippen LogP contribution in [0.2, 0.25) is 0 Å². The zero-order chi connectivity index (χ0) is 11.4. The lowest BCUT2D eigenvalue weighted by Gasteiger charge is -2.32. The van der Waals surface area contributed by atoms with Gasteiger partial charge in [-0.3, -0.25) is 4.79 Å². The van der Waals surface area contributed by atoms with Gasteiger partial charge in [0.05, 0.1) is 0 Å². The fourth-order valence-electron chi connectivity index (χ4n) is 2.21. The smallest absolute Gasteiger partial charge is 0.246 e. The van der Waals surface area contributed by atoms with Gasteiger partial charge in [0.15, 0.2) is 0 Å². The summed E-state index contributed by atoms with van der Waals surface area (Å²) in [6.07, 6.45) is 8.51. The molecule has 0 aromatic rings. The van der Waals surface area contributed by atoms with Gasteiger partial charge in [-0.1, -0.05) is 6.08 Å². The molecule has 1 heterocycles. The quantitative estimate of drug-likeness (QED) is 0.732. The molecule has 1 aliphatic heterocycles. The summed E-state index contributed by atoms with van der Waals surface area (Å²) in [5, 5.41) is 3.62. The number of piperidine rings is 1. The van der Waals surface area contributed by atoms with E-state index in [4.69, 9.17) is 0 Å². The van der Waals surface area contributed by atoms with E-state index in [2.05, 4.69) is 5.32 Å². The third-order valence-electron chi connectivity index (χ3n) is 3.51. The molecule has 0 aromatic heterocycles. The molecule has 1 aliphatic carbocycles. The van der Waals surface area contributed by atoms with Gasteiger partial charge in [0.25, 0.3) is 0 Å². The van der Waals surface area contributed by atoms with Gasteiger partial charge < -0.3 is 10.2 Å². The maximum Gasteiger partial charge on any atom is 0.246 e. The zero-order valence-electron chi connectivity index (χ0n) is 10.1. The third-order valence-corrected chi connectivity index (χ3v) is 3.51. The van der Waals surface area contributed by atoms with E-state index in [0.717, 1.165) is 31.8 Å². The number of carbonyl (C=O) groups excluding carboxylic acids is 1. The molecule has 90 valence electrons. The molecule has 2 rings (SSSR count). The van der Waals surface area contributed by atoms with Gasteiger partial charge in [-0.05, 0) is 51.1 Å². The van der Waals surface area contributed by atoms with Crippen LogP contribution in [-0.2, 0) is 4.79 Å². The Bertz CT molecular complexity index is 263. The van der Waals surface area contributed by atoms with E-state index in [1.807, 2.05) is 17.9 Å². The van der Waals surface area contributed by atoms with Crippen LogP contribution in [-0.4, -0.2) is 36.5 Å². The first-order valence-corrected chi connectivity index (χ1v) is 6.44. The Morgan fingerprint density at radius 2 is 2.00 bits per heavy atom. The second-order valence-corrected chi connectivity index (χ2v) is 4.95. The van der Waals surface area contributed by atoms with Crippen LogP contribution < -0.4 is 5.32 Å². The average molecular weight is 222 g/mol. The third kappa shape index (κ3) is 3.34. The minimum Gasteiger partial charge on any atom is -0.339 e. The van der Waals surface area contributed by atoms with E-state index in [-0.39, 0.29) is 5.91 Å². The molecule has 1 N–H and O–H groups in total. The second-order valence-electron chi connectivity index (χ2n) is 4.95. The Labute approximate surface area is 97.9 Å². The summed E-state index contributed by atoms with van der Waals surface area (Å²) in [5.74, 6) is 1.12. The van der Waals surface area contributed by atoms with Crippen molar-refractivity contribution in [3.8, 4) is 0 Å². The Balaban J connectivity index is 1.66. The summed E-state index contributed by atoms with van der Waals surface area (Å²) in [7, 11) is 0. The largest absolute Gasteiger partial charge is 0.339 e. The number of hydrogen-bond donors (Lipinski definition) is 1. The van der Waals surface area contributed by atoms with Crippen LogP contribution in [0.25, 0.3) is 0 Å². The molecule has 3 heteroatoms. The highest BCUT2D eigenvalue weighted by Crippen LogP contribution is 2.28. The highest BCUT2D eigenvalue weighted by molar-refractivity contribution is 5.87. The second kappa shape index (κ2) is 5.48. The van der Waals surface area contributed by atoms with Gasteiger partial charge in [0.2, 0.25) is 5.91 Å². The highest BCUT2D eigenvalue weighted by atomic mass is 16.2. The fraction of sp³-hybridized carbons (Fsp3) is 0.769. The maximum absolute atomic E-state index is 11.6. The summed E-state index contributed by atoms with van der Waals surface area (Å²) in [6.45, 7) is 4.90. The van der Waals surface area contributed by atoms with E-state index >= 15 is 0 Å². The molecule has 3 nitrogen and oxygen atoms in total. The Morgan fingerprint density at radius 1 is 1.31 bits per heavy atom. The molecule has 1 saturated carbocycles. The molecule has 0 aromatic carbocycles. The van der Waals surface area contributed by atoms with Gasteiger partial charge in [0.1, 0.15) is 0 Å². The van der Waals surface area contributed by atoms with Crippen molar-refractivity contribution in [2.45, 2.75) is 38.6 Å². The summed E-state index contributed by atoms with van der Waals surface area (Å²) < 4.78 is 0. The summed E-state index contributed by atoms with van der Waals surface area (Å²) in [5.41, 5.74) is 0. The Morgan fingerprint density at radius 3 is 2.56 bits per heavy atom. The van der Waals surface area contributed by atoms with Crippen molar-refractivity contribution in [2.75, 3.05) is 19.6 Å². The lowest BCUT2D eigenvalue weighted by atomic mass is 10.0. The van der Waals surface area contributed by atoms with E-state index in [9.17, 15) is 4.79 Å². The predicted molar refractivity (Wildman–Crippen MR) is 65.1 cm³/mol. The van der Waals surface area contributed by atoms with Gasteiger partial charge in [-0.15, -0.1) is 0 Å². The topological polar surface area (TPSA) is 32.3 Å². The molecule has 2 aliphatic rings. The van der Waals surface area contributed by atoms with Crippen LogP contribution >= 0.6 is 0 Å². The van der Waals surface area contributed by atoms with Crippen molar-refractivity contribution in [3.63, 3.8) is 0 Å². The number of hydrogen-bond acceptors (Lipinski definition) is 2. The molecular formula is C13H22N2O. The number of likely N-dealkylation sites (tertiary alicyclic amines) is 1. The molecule has 0 spiro atoms. The van der Waals surface area contributed by atoms with Gasteiger partial charge in [-0.25, -0.2) is 0 Å². The molecule has 0 unspecified atom stereocenters. The zero-order valence-corrected chi connectivity index (χ0v) is 10.1. The van der Waals surface area contributed by atoms with E-state index in [0.29, 0.717) is 6.04 Å². The van der Waals surface area contributed by atoms with E-state index in [1.165, 1.54) is 19.4 Å². The molecule has 1 amide bonds. The van der Waals surface area contributed by atoms with E-state index in [1.54, 1.807) is 6.08 Å². The molecular weight excluding hydrogens is 200 g/mol. The number of nitrogens with zero attached hydrogens (tertiary/aromatic N) is 1. The lowest BCUT2D eigenvalue weighted by Crippen LogP contribution is -2.44. The lowest BCUT2D eigenvalue weighted by molar-refractivity contribution is -0.127. The van der Waals surface area contributed by atoms with Crippen molar-refractivity contribution < 1.29 is 4.79 Å². The maximum atomic E-state index is 11.6. The molecule has 1 saturated heterocycles. The minimum absolute atomic E-state index is 0.170. The first kappa shape index (κ1) is 11.6. The minimum atomic E-state index is 0.170. The molecule has 0 bridgehead atoms. The molecule has 2 fully saturated rings. The number of amides is 1. The van der Waals surface area contributed by atoms with Crippen molar-refractivity contribution in [2.24, 2.45) is 5.92 Å². The number of carbonyl (C=O) groups is 1. The monoisotopic (exact) mass is 222 g/mol. The van der Waals surface area contributed by atoms with Crippen molar-refractivity contribution >= 4 is 5.91 Å². The number of nitrogens with one attached hydrogen (secondary N) is 1. The van der Waals surface area contributed by atoms with E-state index < -0.39 is 0 Å². The van der Waals surface area contributed by atoms with Gasteiger partial charge >= 0.3 is 0 Å². The summed E-state index contributed by atoms with van der Waals surface area (Å²) in [6, 6.07) is 0.634. The molecule has 0 radical (unpaired) electrons. The Kier molecular flexibility index (Phi) is 3.99. The fourth-order valence-corrected chi connectivity index (χ4v) is 2.21. The van der Waals surface area contributed by atoms with Crippen LogP contribution in [0, 0.1) is 5.92 Å². The average Bonchev–Trinajstić information content (AvgIpc) is 3.11.